The molecule has 14 heavy (non-hydrogen) atoms. The zero-order valence-electron chi connectivity index (χ0n) is 8.55. The van der Waals surface area contributed by atoms with Gasteiger partial charge in [0.1, 0.15) is 0 Å². The molecule has 0 aliphatic rings. The Morgan fingerprint density at radius 2 is 2.29 bits per heavy atom. The first-order valence-corrected chi connectivity index (χ1v) is 4.72. The van der Waals surface area contributed by atoms with E-state index in [0.717, 1.165) is 0 Å². The van der Waals surface area contributed by atoms with Crippen LogP contribution in [-0.4, -0.2) is 11.5 Å². The second kappa shape index (κ2) is 4.91. The van der Waals surface area contributed by atoms with E-state index in [1.54, 1.807) is 12.3 Å². The smallest absolute Gasteiger partial charge is 0.169 e. The van der Waals surface area contributed by atoms with Gasteiger partial charge in [-0.25, -0.2) is 9.37 Å². The molecule has 1 aromatic rings. The van der Waals surface area contributed by atoms with Crippen LogP contribution in [0.2, 0.25) is 0 Å². The van der Waals surface area contributed by atoms with Crippen molar-refractivity contribution in [1.82, 2.24) is 4.98 Å². The maximum absolute atomic E-state index is 13.5. The predicted octanol–water partition coefficient (Wildman–Crippen LogP) is 1.75. The number of hydrogen-bond acceptors (Lipinski definition) is 3. The van der Waals surface area contributed by atoms with Crippen molar-refractivity contribution < 1.29 is 4.39 Å². The molecule has 1 heterocycles. The molecule has 0 radical (unpaired) electrons. The molecule has 0 aliphatic heterocycles. The third-order valence-electron chi connectivity index (χ3n) is 1.87. The van der Waals surface area contributed by atoms with Gasteiger partial charge in [0.2, 0.25) is 0 Å². The van der Waals surface area contributed by atoms with Crippen LogP contribution in [0.5, 0.6) is 0 Å². The number of halogens is 1. The highest BCUT2D eigenvalue weighted by Gasteiger charge is 2.07. The van der Waals surface area contributed by atoms with E-state index in [9.17, 15) is 4.39 Å². The normalized spacial score (nSPS) is 10.6. The van der Waals surface area contributed by atoms with E-state index in [4.69, 9.17) is 5.73 Å². The lowest BCUT2D eigenvalue weighted by atomic mass is 10.2. The summed E-state index contributed by atoms with van der Waals surface area (Å²) in [7, 11) is 0. The Morgan fingerprint density at radius 1 is 1.57 bits per heavy atom. The predicted molar refractivity (Wildman–Crippen MR) is 55.4 cm³/mol. The zero-order valence-corrected chi connectivity index (χ0v) is 8.55. The Labute approximate surface area is 83.5 Å². The highest BCUT2D eigenvalue weighted by Crippen LogP contribution is 2.14. The van der Waals surface area contributed by atoms with Crippen molar-refractivity contribution in [2.75, 3.05) is 11.9 Å². The topological polar surface area (TPSA) is 50.9 Å². The molecule has 0 bridgehead atoms. The van der Waals surface area contributed by atoms with Crippen LogP contribution in [0, 0.1) is 11.7 Å². The molecular weight excluding hydrogens is 181 g/mol. The molecule has 1 rings (SSSR count). The number of nitrogens with one attached hydrogen (secondary N) is 1. The van der Waals surface area contributed by atoms with Gasteiger partial charge in [0.15, 0.2) is 11.6 Å². The van der Waals surface area contributed by atoms with Crippen LogP contribution in [-0.2, 0) is 6.54 Å². The number of hydrogen-bond donors (Lipinski definition) is 2. The summed E-state index contributed by atoms with van der Waals surface area (Å²) < 4.78 is 13.5. The summed E-state index contributed by atoms with van der Waals surface area (Å²) in [5, 5.41) is 2.95. The summed E-state index contributed by atoms with van der Waals surface area (Å²) in [6.45, 7) is 5.01. The van der Waals surface area contributed by atoms with Gasteiger partial charge in [-0.3, -0.25) is 0 Å². The third-order valence-corrected chi connectivity index (χ3v) is 1.87. The van der Waals surface area contributed by atoms with Gasteiger partial charge in [0.05, 0.1) is 0 Å². The summed E-state index contributed by atoms with van der Waals surface area (Å²) in [6, 6.07) is 1.59. The molecule has 0 aromatic carbocycles. The number of aromatic nitrogens is 1. The number of anilines is 1. The van der Waals surface area contributed by atoms with Crippen LogP contribution >= 0.6 is 0 Å². The maximum Gasteiger partial charge on any atom is 0.169 e. The summed E-state index contributed by atoms with van der Waals surface area (Å²) >= 11 is 0. The Balaban J connectivity index is 2.76. The van der Waals surface area contributed by atoms with E-state index < -0.39 is 0 Å². The summed E-state index contributed by atoms with van der Waals surface area (Å²) in [6.07, 6.45) is 1.56. The Bertz CT molecular complexity index is 299. The van der Waals surface area contributed by atoms with Gasteiger partial charge in [-0.15, -0.1) is 0 Å². The van der Waals surface area contributed by atoms with E-state index in [0.29, 0.717) is 23.8 Å². The molecule has 0 fully saturated rings. The van der Waals surface area contributed by atoms with Crippen LogP contribution in [0.25, 0.3) is 0 Å². The molecule has 0 atom stereocenters. The van der Waals surface area contributed by atoms with Crippen LogP contribution < -0.4 is 11.1 Å². The van der Waals surface area contributed by atoms with Crippen LogP contribution in [0.4, 0.5) is 10.2 Å². The number of nitrogens with zero attached hydrogens (tertiary/aromatic N) is 1. The minimum atomic E-state index is -0.337. The fourth-order valence-corrected chi connectivity index (χ4v) is 1.07. The molecule has 0 aliphatic carbocycles. The van der Waals surface area contributed by atoms with E-state index in [1.807, 2.05) is 0 Å². The van der Waals surface area contributed by atoms with Crippen molar-refractivity contribution in [3.05, 3.63) is 23.6 Å². The van der Waals surface area contributed by atoms with Crippen molar-refractivity contribution >= 4 is 5.82 Å². The lowest BCUT2D eigenvalue weighted by molar-refractivity contribution is 0.602. The average molecular weight is 197 g/mol. The molecule has 0 spiro atoms. The van der Waals surface area contributed by atoms with Gasteiger partial charge in [0.25, 0.3) is 0 Å². The second-order valence-electron chi connectivity index (χ2n) is 3.61. The second-order valence-corrected chi connectivity index (χ2v) is 3.61. The number of rotatable bonds is 4. The van der Waals surface area contributed by atoms with Crippen molar-refractivity contribution in [2.45, 2.75) is 20.4 Å². The minimum Gasteiger partial charge on any atom is -0.367 e. The highest BCUT2D eigenvalue weighted by molar-refractivity contribution is 5.39. The van der Waals surface area contributed by atoms with Crippen LogP contribution in [0.15, 0.2) is 12.3 Å². The Hall–Kier alpha value is -1.16. The van der Waals surface area contributed by atoms with Gasteiger partial charge in [-0.1, -0.05) is 13.8 Å². The molecule has 0 unspecified atom stereocenters. The summed E-state index contributed by atoms with van der Waals surface area (Å²) in [5.74, 6) is 0.412. The summed E-state index contributed by atoms with van der Waals surface area (Å²) in [5.41, 5.74) is 5.87. The zero-order chi connectivity index (χ0) is 10.6. The molecule has 3 N–H and O–H groups in total. The molecule has 3 nitrogen and oxygen atoms in total. The van der Waals surface area contributed by atoms with E-state index in [2.05, 4.69) is 24.1 Å². The number of nitrogens with two attached hydrogens (primary N) is 1. The quantitative estimate of drug-likeness (QED) is 0.773. The van der Waals surface area contributed by atoms with Crippen molar-refractivity contribution in [1.29, 1.82) is 0 Å². The van der Waals surface area contributed by atoms with E-state index in [-0.39, 0.29) is 12.4 Å². The van der Waals surface area contributed by atoms with Gasteiger partial charge in [-0.05, 0) is 12.0 Å². The maximum atomic E-state index is 13.5. The number of pyridine rings is 1. The molecule has 4 heteroatoms. The molecule has 1 aromatic heterocycles. The first-order valence-electron chi connectivity index (χ1n) is 4.72. The van der Waals surface area contributed by atoms with Gasteiger partial charge in [-0.2, -0.15) is 0 Å². The van der Waals surface area contributed by atoms with E-state index >= 15 is 0 Å². The van der Waals surface area contributed by atoms with Gasteiger partial charge in [0, 0.05) is 24.8 Å². The fourth-order valence-electron chi connectivity index (χ4n) is 1.07. The van der Waals surface area contributed by atoms with Crippen LogP contribution in [0.1, 0.15) is 19.4 Å². The molecule has 0 amide bonds. The first kappa shape index (κ1) is 10.9. The molecule has 78 valence electrons. The van der Waals surface area contributed by atoms with Crippen molar-refractivity contribution in [3.63, 3.8) is 0 Å². The Kier molecular flexibility index (Phi) is 3.83. The average Bonchev–Trinajstić information content (AvgIpc) is 2.16. The van der Waals surface area contributed by atoms with Gasteiger partial charge >= 0.3 is 0 Å². The third kappa shape index (κ3) is 2.67. The van der Waals surface area contributed by atoms with Gasteiger partial charge < -0.3 is 11.1 Å². The molecular formula is C10H16FN3. The van der Waals surface area contributed by atoms with Crippen LogP contribution in [0.3, 0.4) is 0 Å². The monoisotopic (exact) mass is 197 g/mol. The largest absolute Gasteiger partial charge is 0.367 e. The standard InChI is InChI=1S/C10H16FN3/c1-7(2)6-14-10-9(11)8(5-12)3-4-13-10/h3-4,7H,5-6,12H2,1-2H3,(H,13,14). The summed E-state index contributed by atoms with van der Waals surface area (Å²) in [4.78, 5) is 3.92. The SMILES string of the molecule is CC(C)CNc1nccc(CN)c1F. The molecule has 0 saturated carbocycles. The minimum absolute atomic E-state index is 0.199. The lowest BCUT2D eigenvalue weighted by Gasteiger charge is -2.10. The molecule has 0 saturated heterocycles. The fraction of sp³-hybridized carbons (Fsp3) is 0.500. The first-order chi connectivity index (χ1) is 6.65. The van der Waals surface area contributed by atoms with Crippen molar-refractivity contribution in [3.8, 4) is 0 Å². The van der Waals surface area contributed by atoms with E-state index in [1.165, 1.54) is 0 Å². The van der Waals surface area contributed by atoms with Crippen molar-refractivity contribution in [2.24, 2.45) is 11.7 Å². The Morgan fingerprint density at radius 3 is 2.86 bits per heavy atom. The highest BCUT2D eigenvalue weighted by atomic mass is 19.1. The lowest BCUT2D eigenvalue weighted by Crippen LogP contribution is -2.12.